The van der Waals surface area contributed by atoms with Gasteiger partial charge in [0.2, 0.25) is 5.91 Å². The minimum atomic E-state index is 0.115. The van der Waals surface area contributed by atoms with E-state index in [0.29, 0.717) is 17.5 Å². The largest absolute Gasteiger partial charge is 0.350 e. The first kappa shape index (κ1) is 13.8. The molecule has 18 heavy (non-hydrogen) atoms. The lowest BCUT2D eigenvalue weighted by Crippen LogP contribution is -2.31. The molecule has 1 amide bonds. The summed E-state index contributed by atoms with van der Waals surface area (Å²) in [4.78, 5) is 16.0. The number of rotatable bonds is 5. The number of aryl methyl sites for hydroxylation is 1. The Balaban J connectivity index is 1.62. The zero-order valence-electron chi connectivity index (χ0n) is 10.6. The van der Waals surface area contributed by atoms with E-state index in [2.05, 4.69) is 15.6 Å². The summed E-state index contributed by atoms with van der Waals surface area (Å²) >= 11 is 3.39. The Morgan fingerprint density at radius 3 is 3.06 bits per heavy atom. The molecule has 0 saturated carbocycles. The van der Waals surface area contributed by atoms with Crippen molar-refractivity contribution in [2.24, 2.45) is 0 Å². The van der Waals surface area contributed by atoms with E-state index in [1.54, 1.807) is 23.1 Å². The van der Waals surface area contributed by atoms with Gasteiger partial charge < -0.3 is 10.6 Å². The number of nitrogens with zero attached hydrogens (tertiary/aromatic N) is 1. The summed E-state index contributed by atoms with van der Waals surface area (Å²) in [6, 6.07) is 0. The van der Waals surface area contributed by atoms with E-state index in [9.17, 15) is 4.79 Å². The smallest absolute Gasteiger partial charge is 0.230 e. The van der Waals surface area contributed by atoms with Crippen LogP contribution in [0.3, 0.4) is 0 Å². The van der Waals surface area contributed by atoms with Gasteiger partial charge in [-0.1, -0.05) is 0 Å². The predicted molar refractivity (Wildman–Crippen MR) is 77.0 cm³/mol. The molecule has 1 saturated heterocycles. The summed E-state index contributed by atoms with van der Waals surface area (Å²) < 4.78 is 0. The number of piperidine rings is 1. The van der Waals surface area contributed by atoms with Crippen molar-refractivity contribution >= 4 is 29.0 Å². The van der Waals surface area contributed by atoms with Gasteiger partial charge >= 0.3 is 0 Å². The SMILES string of the molecule is Cc1nc(CNC(=O)CSC2CCNCC2)cs1. The van der Waals surface area contributed by atoms with Crippen LogP contribution in [0.15, 0.2) is 5.38 Å². The normalized spacial score (nSPS) is 16.7. The number of amides is 1. The molecule has 0 unspecified atom stereocenters. The first-order valence-electron chi connectivity index (χ1n) is 6.24. The highest BCUT2D eigenvalue weighted by Gasteiger charge is 2.14. The second-order valence-corrected chi connectivity index (χ2v) is 6.75. The van der Waals surface area contributed by atoms with Crippen LogP contribution >= 0.6 is 23.1 Å². The van der Waals surface area contributed by atoms with Crippen molar-refractivity contribution in [3.63, 3.8) is 0 Å². The van der Waals surface area contributed by atoms with Gasteiger partial charge in [0.25, 0.3) is 0 Å². The van der Waals surface area contributed by atoms with Crippen molar-refractivity contribution in [2.75, 3.05) is 18.8 Å². The number of carbonyl (C=O) groups is 1. The summed E-state index contributed by atoms with van der Waals surface area (Å²) in [7, 11) is 0. The molecule has 100 valence electrons. The molecule has 1 aromatic heterocycles. The highest BCUT2D eigenvalue weighted by molar-refractivity contribution is 8.00. The molecule has 1 aliphatic rings. The molecule has 0 radical (unpaired) electrons. The minimum absolute atomic E-state index is 0.115. The van der Waals surface area contributed by atoms with Crippen LogP contribution in [-0.2, 0) is 11.3 Å². The summed E-state index contributed by atoms with van der Waals surface area (Å²) in [6.45, 7) is 4.69. The average Bonchev–Trinajstić information content (AvgIpc) is 2.81. The molecule has 0 aliphatic carbocycles. The van der Waals surface area contributed by atoms with Crippen molar-refractivity contribution in [1.82, 2.24) is 15.6 Å². The van der Waals surface area contributed by atoms with E-state index in [1.807, 2.05) is 12.3 Å². The van der Waals surface area contributed by atoms with E-state index in [-0.39, 0.29) is 5.91 Å². The number of hydrogen-bond acceptors (Lipinski definition) is 5. The number of carbonyl (C=O) groups excluding carboxylic acids is 1. The molecular weight excluding hydrogens is 266 g/mol. The van der Waals surface area contributed by atoms with Crippen LogP contribution in [0.4, 0.5) is 0 Å². The van der Waals surface area contributed by atoms with Crippen molar-refractivity contribution in [3.8, 4) is 0 Å². The third-order valence-corrected chi connectivity index (χ3v) is 5.06. The van der Waals surface area contributed by atoms with Crippen LogP contribution in [0.5, 0.6) is 0 Å². The molecule has 2 N–H and O–H groups in total. The maximum atomic E-state index is 11.7. The van der Waals surface area contributed by atoms with Crippen molar-refractivity contribution in [2.45, 2.75) is 31.6 Å². The predicted octanol–water partition coefficient (Wildman–Crippen LogP) is 1.55. The van der Waals surface area contributed by atoms with Gasteiger partial charge in [0, 0.05) is 10.6 Å². The van der Waals surface area contributed by atoms with Gasteiger partial charge in [0.15, 0.2) is 0 Å². The molecule has 1 aromatic rings. The average molecular weight is 285 g/mol. The fourth-order valence-electron chi connectivity index (χ4n) is 1.89. The minimum Gasteiger partial charge on any atom is -0.350 e. The molecule has 4 nitrogen and oxygen atoms in total. The molecule has 0 atom stereocenters. The second kappa shape index (κ2) is 7.11. The number of hydrogen-bond donors (Lipinski definition) is 2. The Labute approximate surface area is 116 Å². The van der Waals surface area contributed by atoms with Crippen LogP contribution in [0.25, 0.3) is 0 Å². The van der Waals surface area contributed by atoms with Crippen molar-refractivity contribution in [1.29, 1.82) is 0 Å². The summed E-state index contributed by atoms with van der Waals surface area (Å²) in [5.41, 5.74) is 0.956. The van der Waals surface area contributed by atoms with Crippen LogP contribution in [0.2, 0.25) is 0 Å². The standard InChI is InChI=1S/C12H19N3OS2/c1-9-15-10(7-17-9)6-14-12(16)8-18-11-2-4-13-5-3-11/h7,11,13H,2-6,8H2,1H3,(H,14,16). The van der Waals surface area contributed by atoms with E-state index >= 15 is 0 Å². The van der Waals surface area contributed by atoms with E-state index in [1.165, 1.54) is 12.8 Å². The van der Waals surface area contributed by atoms with Gasteiger partial charge in [-0.2, -0.15) is 0 Å². The maximum absolute atomic E-state index is 11.7. The number of nitrogens with one attached hydrogen (secondary N) is 2. The molecule has 0 aromatic carbocycles. The van der Waals surface area contributed by atoms with E-state index in [0.717, 1.165) is 23.8 Å². The lowest BCUT2D eigenvalue weighted by Gasteiger charge is -2.21. The third-order valence-electron chi connectivity index (χ3n) is 2.87. The zero-order valence-corrected chi connectivity index (χ0v) is 12.2. The lowest BCUT2D eigenvalue weighted by atomic mass is 10.2. The Bertz CT molecular complexity index is 388. The Hall–Kier alpha value is -0.590. The molecule has 0 spiro atoms. The number of aromatic nitrogens is 1. The summed E-state index contributed by atoms with van der Waals surface area (Å²) in [5, 5.41) is 9.93. The molecule has 0 bridgehead atoms. The van der Waals surface area contributed by atoms with Gasteiger partial charge in [0.05, 0.1) is 23.0 Å². The van der Waals surface area contributed by atoms with Crippen molar-refractivity contribution < 1.29 is 4.79 Å². The Morgan fingerprint density at radius 2 is 2.39 bits per heavy atom. The number of thioether (sulfide) groups is 1. The van der Waals surface area contributed by atoms with Crippen molar-refractivity contribution in [3.05, 3.63) is 16.1 Å². The number of thiazole rings is 1. The van der Waals surface area contributed by atoms with Crippen LogP contribution in [0, 0.1) is 6.92 Å². The Morgan fingerprint density at radius 1 is 1.61 bits per heavy atom. The summed E-state index contributed by atoms with van der Waals surface area (Å²) in [6.07, 6.45) is 2.34. The second-order valence-electron chi connectivity index (χ2n) is 4.39. The quantitative estimate of drug-likeness (QED) is 0.862. The molecule has 2 rings (SSSR count). The first-order chi connectivity index (χ1) is 8.74. The molecule has 1 fully saturated rings. The van der Waals surface area contributed by atoms with Gasteiger partial charge in [-0.3, -0.25) is 4.79 Å². The highest BCUT2D eigenvalue weighted by Crippen LogP contribution is 2.19. The Kier molecular flexibility index (Phi) is 5.46. The third kappa shape index (κ3) is 4.59. The highest BCUT2D eigenvalue weighted by atomic mass is 32.2. The monoisotopic (exact) mass is 285 g/mol. The van der Waals surface area contributed by atoms with E-state index in [4.69, 9.17) is 0 Å². The van der Waals surface area contributed by atoms with Gasteiger partial charge in [-0.05, 0) is 32.9 Å². The van der Waals surface area contributed by atoms with Gasteiger partial charge in [-0.25, -0.2) is 4.98 Å². The van der Waals surface area contributed by atoms with Crippen LogP contribution in [0.1, 0.15) is 23.5 Å². The van der Waals surface area contributed by atoms with Gasteiger partial charge in [0.1, 0.15) is 0 Å². The fourth-order valence-corrected chi connectivity index (χ4v) is 3.56. The first-order valence-corrected chi connectivity index (χ1v) is 8.17. The van der Waals surface area contributed by atoms with Crippen LogP contribution < -0.4 is 10.6 Å². The zero-order chi connectivity index (χ0) is 12.8. The molecule has 1 aliphatic heterocycles. The lowest BCUT2D eigenvalue weighted by molar-refractivity contribution is -0.118. The maximum Gasteiger partial charge on any atom is 0.230 e. The molecule has 6 heteroatoms. The molecular formula is C12H19N3OS2. The summed E-state index contributed by atoms with van der Waals surface area (Å²) in [5.74, 6) is 0.678. The van der Waals surface area contributed by atoms with E-state index < -0.39 is 0 Å². The molecule has 2 heterocycles. The fraction of sp³-hybridized carbons (Fsp3) is 0.667. The topological polar surface area (TPSA) is 54.0 Å². The van der Waals surface area contributed by atoms with Gasteiger partial charge in [-0.15, -0.1) is 23.1 Å². The van der Waals surface area contributed by atoms with Crippen LogP contribution in [-0.4, -0.2) is 35.0 Å².